The third kappa shape index (κ3) is 13.2. The number of hydrogen-bond donors (Lipinski definition) is 2. The number of hydrogen-bond acceptors (Lipinski definition) is 5. The van der Waals surface area contributed by atoms with Gasteiger partial charge in [0, 0.05) is 19.3 Å². The molecule has 0 aromatic rings. The quantitative estimate of drug-likeness (QED) is 0.104. The minimum Gasteiger partial charge on any atom is -0.462 e. The molecule has 0 heterocycles. The van der Waals surface area contributed by atoms with Crippen LogP contribution in [0.5, 0.6) is 0 Å². The first-order chi connectivity index (χ1) is 15.6. The second-order valence-electron chi connectivity index (χ2n) is 11.4. The zero-order valence-electron chi connectivity index (χ0n) is 23.7. The first-order valence-electron chi connectivity index (χ1n) is 13.1. The van der Waals surface area contributed by atoms with Crippen LogP contribution in [0.4, 0.5) is 0 Å². The van der Waals surface area contributed by atoms with Gasteiger partial charge in [-0.2, -0.15) is 0 Å². The summed E-state index contributed by atoms with van der Waals surface area (Å²) in [6, 6.07) is 0. The fourth-order valence-corrected chi connectivity index (χ4v) is 5.06. The van der Waals surface area contributed by atoms with E-state index in [1.54, 1.807) is 0 Å². The van der Waals surface area contributed by atoms with E-state index in [-0.39, 0.29) is 29.1 Å². The van der Waals surface area contributed by atoms with Gasteiger partial charge in [-0.3, -0.25) is 4.79 Å². The summed E-state index contributed by atoms with van der Waals surface area (Å²) >= 11 is 0. The largest absolute Gasteiger partial charge is 0.462 e. The van der Waals surface area contributed by atoms with Gasteiger partial charge >= 0.3 is 5.97 Å². The summed E-state index contributed by atoms with van der Waals surface area (Å²) < 4.78 is 12.3. The topological polar surface area (TPSA) is 76.0 Å². The average molecular weight is 499 g/mol. The van der Waals surface area contributed by atoms with Crippen molar-refractivity contribution in [2.45, 2.75) is 143 Å². The summed E-state index contributed by atoms with van der Waals surface area (Å²) in [5.74, 6) is -0.430. The number of allylic oxidation sites excluding steroid dienone is 2. The molecule has 0 aromatic heterocycles. The Hall–Kier alpha value is -0.953. The van der Waals surface area contributed by atoms with E-state index in [2.05, 4.69) is 52.9 Å². The van der Waals surface area contributed by atoms with Gasteiger partial charge in [-0.05, 0) is 64.1 Å². The van der Waals surface area contributed by atoms with E-state index in [1.165, 1.54) is 6.92 Å². The molecular weight excluding hydrogens is 444 g/mol. The smallest absolute Gasteiger partial charge is 0.302 e. The van der Waals surface area contributed by atoms with E-state index in [0.29, 0.717) is 19.3 Å². The average Bonchev–Trinajstić information content (AvgIpc) is 2.68. The molecule has 200 valence electrons. The summed E-state index contributed by atoms with van der Waals surface area (Å²) in [4.78, 5) is 11.5. The first kappa shape index (κ1) is 33.0. The van der Waals surface area contributed by atoms with Gasteiger partial charge in [0.2, 0.25) is 0 Å². The highest BCUT2D eigenvalue weighted by atomic mass is 28.4. The second kappa shape index (κ2) is 15.9. The maximum absolute atomic E-state index is 11.5. The summed E-state index contributed by atoms with van der Waals surface area (Å²) in [6.07, 6.45) is 9.89. The van der Waals surface area contributed by atoms with Crippen LogP contribution in [0, 0.1) is 5.92 Å². The molecular formula is C28H54O5Si. The van der Waals surface area contributed by atoms with E-state index in [0.717, 1.165) is 31.3 Å². The lowest BCUT2D eigenvalue weighted by atomic mass is 9.91. The van der Waals surface area contributed by atoms with Gasteiger partial charge in [-0.15, -0.1) is 0 Å². The maximum Gasteiger partial charge on any atom is 0.302 e. The fourth-order valence-electron chi connectivity index (χ4n) is 3.75. The predicted molar refractivity (Wildman–Crippen MR) is 145 cm³/mol. The molecule has 0 fully saturated rings. The minimum atomic E-state index is -2.11. The van der Waals surface area contributed by atoms with Crippen molar-refractivity contribution >= 4 is 14.3 Å². The van der Waals surface area contributed by atoms with Crippen LogP contribution in [-0.2, 0) is 14.0 Å². The Morgan fingerprint density at radius 1 is 1.12 bits per heavy atom. The van der Waals surface area contributed by atoms with E-state index in [9.17, 15) is 15.0 Å². The molecule has 0 aromatic carbocycles. The number of carbonyl (C=O) groups excluding carboxylic acids is 1. The van der Waals surface area contributed by atoms with Crippen molar-refractivity contribution in [1.29, 1.82) is 0 Å². The maximum atomic E-state index is 11.5. The molecule has 0 aliphatic rings. The molecule has 0 saturated carbocycles. The summed E-state index contributed by atoms with van der Waals surface area (Å²) in [5, 5.41) is 21.5. The van der Waals surface area contributed by atoms with Gasteiger partial charge in [0.15, 0.2) is 8.32 Å². The highest BCUT2D eigenvalue weighted by Crippen LogP contribution is 2.39. The summed E-state index contributed by atoms with van der Waals surface area (Å²) in [5.41, 5.74) is 1.09. The van der Waals surface area contributed by atoms with Crippen LogP contribution in [0.25, 0.3) is 0 Å². The number of ether oxygens (including phenoxy) is 1. The van der Waals surface area contributed by atoms with Crippen LogP contribution in [-0.4, -0.2) is 48.9 Å². The van der Waals surface area contributed by atoms with Crippen LogP contribution in [0.15, 0.2) is 23.8 Å². The van der Waals surface area contributed by atoms with Crippen molar-refractivity contribution in [1.82, 2.24) is 0 Å². The van der Waals surface area contributed by atoms with Gasteiger partial charge in [-0.1, -0.05) is 64.8 Å². The summed E-state index contributed by atoms with van der Waals surface area (Å²) in [6.45, 7) is 20.7. The molecule has 6 heteroatoms. The molecule has 0 amide bonds. The van der Waals surface area contributed by atoms with Crippen LogP contribution >= 0.6 is 0 Å². The lowest BCUT2D eigenvalue weighted by Gasteiger charge is -2.41. The molecule has 34 heavy (non-hydrogen) atoms. The molecule has 0 rings (SSSR count). The zero-order valence-corrected chi connectivity index (χ0v) is 24.7. The highest BCUT2D eigenvalue weighted by Gasteiger charge is 2.40. The third-order valence-electron chi connectivity index (χ3n) is 6.96. The Morgan fingerprint density at radius 2 is 1.74 bits per heavy atom. The Kier molecular flexibility index (Phi) is 15.5. The highest BCUT2D eigenvalue weighted by molar-refractivity contribution is 6.74. The normalized spacial score (nSPS) is 17.9. The number of carbonyl (C=O) groups is 1. The van der Waals surface area contributed by atoms with Crippen LogP contribution in [0.1, 0.15) is 100 Å². The molecule has 2 N–H and O–H groups in total. The summed E-state index contributed by atoms with van der Waals surface area (Å²) in [7, 11) is -2.11. The molecule has 0 spiro atoms. The SMILES string of the molecule is C/C=C\CCC[C@@H](O)C[C@H](O)[C@H](C)[C@@H](/C=C(\C)C[C@@H](CCC)OC(C)=O)O[Si](C)(C)C(C)(C)C. The van der Waals surface area contributed by atoms with Crippen molar-refractivity contribution in [2.24, 2.45) is 5.92 Å². The van der Waals surface area contributed by atoms with Crippen molar-refractivity contribution in [2.75, 3.05) is 0 Å². The van der Waals surface area contributed by atoms with E-state index in [1.807, 2.05) is 26.8 Å². The molecule has 5 nitrogen and oxygen atoms in total. The lowest BCUT2D eigenvalue weighted by Crippen LogP contribution is -2.47. The molecule has 5 atom stereocenters. The van der Waals surface area contributed by atoms with E-state index >= 15 is 0 Å². The molecule has 0 bridgehead atoms. The number of esters is 1. The van der Waals surface area contributed by atoms with Gasteiger partial charge < -0.3 is 19.4 Å². The van der Waals surface area contributed by atoms with Gasteiger partial charge in [0.05, 0.1) is 18.3 Å². The molecule has 0 unspecified atom stereocenters. The number of unbranched alkanes of at least 4 members (excludes halogenated alkanes) is 1. The number of rotatable bonds is 16. The Labute approximate surface area is 211 Å². The van der Waals surface area contributed by atoms with Crippen LogP contribution < -0.4 is 0 Å². The molecule has 0 aliphatic heterocycles. The Bertz CT molecular complexity index is 635. The van der Waals surface area contributed by atoms with Gasteiger partial charge in [0.1, 0.15) is 6.10 Å². The van der Waals surface area contributed by atoms with Crippen LogP contribution in [0.2, 0.25) is 18.1 Å². The second-order valence-corrected chi connectivity index (χ2v) is 16.2. The molecule has 0 radical (unpaired) electrons. The zero-order chi connectivity index (χ0) is 26.5. The fraction of sp³-hybridized carbons (Fsp3) is 0.821. The van der Waals surface area contributed by atoms with Gasteiger partial charge in [-0.25, -0.2) is 0 Å². The van der Waals surface area contributed by atoms with E-state index in [4.69, 9.17) is 9.16 Å². The van der Waals surface area contributed by atoms with Gasteiger partial charge in [0.25, 0.3) is 0 Å². The van der Waals surface area contributed by atoms with E-state index < -0.39 is 20.5 Å². The predicted octanol–water partition coefficient (Wildman–Crippen LogP) is 6.94. The monoisotopic (exact) mass is 498 g/mol. The third-order valence-corrected chi connectivity index (χ3v) is 11.4. The van der Waals surface area contributed by atoms with Crippen molar-refractivity contribution < 1.29 is 24.2 Å². The lowest BCUT2D eigenvalue weighted by molar-refractivity contribution is -0.146. The molecule has 0 aliphatic carbocycles. The van der Waals surface area contributed by atoms with Crippen molar-refractivity contribution in [3.63, 3.8) is 0 Å². The Balaban J connectivity index is 5.59. The Morgan fingerprint density at radius 3 is 2.24 bits per heavy atom. The van der Waals surface area contributed by atoms with Crippen molar-refractivity contribution in [3.8, 4) is 0 Å². The standard InChI is InChI=1S/C28H54O5Si/c1-11-13-14-15-17-24(30)20-26(31)22(4)27(33-34(9,10)28(6,7)8)19-21(3)18-25(16-12-2)32-23(5)29/h11,13,19,22,24-27,30-31H,12,14-18,20H2,1-10H3/b13-11-,21-19+/t22-,24+,25+,26-,27+/m0/s1. The number of aliphatic hydroxyl groups excluding tert-OH is 2. The van der Waals surface area contributed by atoms with Crippen LogP contribution in [0.3, 0.4) is 0 Å². The molecule has 0 saturated heterocycles. The minimum absolute atomic E-state index is 0.0342. The van der Waals surface area contributed by atoms with Crippen molar-refractivity contribution in [3.05, 3.63) is 23.8 Å². The first-order valence-corrected chi connectivity index (χ1v) is 16.0. The number of aliphatic hydroxyl groups is 2.